The second kappa shape index (κ2) is 6.22. The van der Waals surface area contributed by atoms with E-state index in [4.69, 9.17) is 0 Å². The molecule has 1 heterocycles. The molecule has 6 nitrogen and oxygen atoms in total. The van der Waals surface area contributed by atoms with Crippen LogP contribution in [0.1, 0.15) is 51.4 Å². The minimum atomic E-state index is -2.97. The van der Waals surface area contributed by atoms with E-state index in [1.54, 1.807) is 6.33 Å². The maximum absolute atomic E-state index is 11.7. The average Bonchev–Trinajstić information content (AvgIpc) is 2.83. The molecule has 1 aliphatic carbocycles. The highest BCUT2D eigenvalue weighted by atomic mass is 32.2. The van der Waals surface area contributed by atoms with Gasteiger partial charge in [-0.05, 0) is 19.3 Å². The summed E-state index contributed by atoms with van der Waals surface area (Å²) in [6, 6.07) is 0.533. The molecule has 0 saturated heterocycles. The molecule has 0 bridgehead atoms. The van der Waals surface area contributed by atoms with Crippen molar-refractivity contribution in [2.45, 2.75) is 63.4 Å². The first-order valence-electron chi connectivity index (χ1n) is 7.18. The highest BCUT2D eigenvalue weighted by molar-refractivity contribution is 7.91. The number of sulfone groups is 1. The molecule has 2 rings (SSSR count). The highest BCUT2D eigenvalue weighted by Gasteiger charge is 2.31. The molecule has 0 aliphatic heterocycles. The molecule has 7 heteroatoms. The Bertz CT molecular complexity index is 538. The lowest BCUT2D eigenvalue weighted by Gasteiger charge is -2.29. The zero-order valence-corrected chi connectivity index (χ0v) is 13.2. The normalized spacial score (nSPS) is 24.2. The van der Waals surface area contributed by atoms with Crippen molar-refractivity contribution in [2.24, 2.45) is 0 Å². The molecule has 0 amide bonds. The first-order chi connectivity index (χ1) is 9.38. The van der Waals surface area contributed by atoms with Crippen LogP contribution in [0.15, 0.2) is 6.33 Å². The lowest BCUT2D eigenvalue weighted by atomic mass is 9.95. The maximum Gasteiger partial charge on any atom is 0.150 e. The summed E-state index contributed by atoms with van der Waals surface area (Å²) in [6.07, 6.45) is 6.22. The number of nitrogens with zero attached hydrogens (tertiary/aromatic N) is 3. The predicted octanol–water partition coefficient (Wildman–Crippen LogP) is 1.30. The highest BCUT2D eigenvalue weighted by Crippen LogP contribution is 2.31. The van der Waals surface area contributed by atoms with Gasteiger partial charge in [-0.25, -0.2) is 18.1 Å². The number of nitrogens with one attached hydrogen (secondary N) is 1. The summed E-state index contributed by atoms with van der Waals surface area (Å²) in [4.78, 5) is 4.29. The van der Waals surface area contributed by atoms with Crippen LogP contribution >= 0.6 is 0 Å². The van der Waals surface area contributed by atoms with E-state index in [1.807, 2.05) is 4.68 Å². The third kappa shape index (κ3) is 3.79. The Morgan fingerprint density at radius 1 is 1.45 bits per heavy atom. The zero-order chi connectivity index (χ0) is 14.8. The van der Waals surface area contributed by atoms with Gasteiger partial charge >= 0.3 is 0 Å². The van der Waals surface area contributed by atoms with Gasteiger partial charge in [0.2, 0.25) is 0 Å². The molecule has 1 saturated carbocycles. The second-order valence-electron chi connectivity index (χ2n) is 5.93. The predicted molar refractivity (Wildman–Crippen MR) is 78.1 cm³/mol. The van der Waals surface area contributed by atoms with E-state index in [1.165, 1.54) is 6.26 Å². The SMILES string of the molecule is CC(C)NCc1ncnn1C1CCCC(S(C)(=O)=O)C1. The molecule has 1 N–H and O–H groups in total. The lowest BCUT2D eigenvalue weighted by Crippen LogP contribution is -2.31. The summed E-state index contributed by atoms with van der Waals surface area (Å²) in [5.41, 5.74) is 0. The average molecular weight is 300 g/mol. The molecule has 1 aromatic heterocycles. The number of hydrogen-bond donors (Lipinski definition) is 1. The van der Waals surface area contributed by atoms with E-state index in [0.717, 1.165) is 25.1 Å². The Labute approximate surface area is 120 Å². The van der Waals surface area contributed by atoms with Crippen LogP contribution in [0.2, 0.25) is 0 Å². The largest absolute Gasteiger partial charge is 0.308 e. The summed E-state index contributed by atoms with van der Waals surface area (Å²) >= 11 is 0. The Kier molecular flexibility index (Phi) is 4.80. The van der Waals surface area contributed by atoms with Gasteiger partial charge in [0.1, 0.15) is 22.0 Å². The van der Waals surface area contributed by atoms with Crippen molar-refractivity contribution in [3.63, 3.8) is 0 Å². The van der Waals surface area contributed by atoms with Crippen LogP contribution in [-0.2, 0) is 16.4 Å². The summed E-state index contributed by atoms with van der Waals surface area (Å²) in [6.45, 7) is 4.83. The topological polar surface area (TPSA) is 76.9 Å². The van der Waals surface area contributed by atoms with Crippen molar-refractivity contribution in [3.05, 3.63) is 12.2 Å². The van der Waals surface area contributed by atoms with Gasteiger partial charge in [0.05, 0.1) is 17.8 Å². The Morgan fingerprint density at radius 3 is 2.85 bits per heavy atom. The Balaban J connectivity index is 2.09. The number of hydrogen-bond acceptors (Lipinski definition) is 5. The first kappa shape index (κ1) is 15.4. The Hall–Kier alpha value is -0.950. The molecule has 0 spiro atoms. The van der Waals surface area contributed by atoms with Gasteiger partial charge < -0.3 is 5.32 Å². The van der Waals surface area contributed by atoms with Crippen LogP contribution < -0.4 is 5.32 Å². The molecule has 1 fully saturated rings. The van der Waals surface area contributed by atoms with Gasteiger partial charge in [-0.1, -0.05) is 20.3 Å². The molecule has 1 aromatic rings. The van der Waals surface area contributed by atoms with Crippen LogP contribution in [0.5, 0.6) is 0 Å². The molecule has 0 radical (unpaired) electrons. The first-order valence-corrected chi connectivity index (χ1v) is 9.14. The maximum atomic E-state index is 11.7. The van der Waals surface area contributed by atoms with Gasteiger partial charge in [-0.3, -0.25) is 0 Å². The van der Waals surface area contributed by atoms with E-state index in [9.17, 15) is 8.42 Å². The molecular weight excluding hydrogens is 276 g/mol. The fraction of sp³-hybridized carbons (Fsp3) is 0.846. The monoisotopic (exact) mass is 300 g/mol. The molecule has 2 atom stereocenters. The lowest BCUT2D eigenvalue weighted by molar-refractivity contribution is 0.318. The van der Waals surface area contributed by atoms with Crippen LogP contribution in [0, 0.1) is 0 Å². The van der Waals surface area contributed by atoms with Gasteiger partial charge in [0.25, 0.3) is 0 Å². The van der Waals surface area contributed by atoms with E-state index in [2.05, 4.69) is 29.2 Å². The summed E-state index contributed by atoms with van der Waals surface area (Å²) in [5.74, 6) is 0.887. The third-order valence-corrected chi connectivity index (χ3v) is 5.50. The summed E-state index contributed by atoms with van der Waals surface area (Å²) in [5, 5.41) is 7.39. The van der Waals surface area contributed by atoms with Crippen molar-refractivity contribution in [2.75, 3.05) is 6.26 Å². The molecule has 20 heavy (non-hydrogen) atoms. The number of aromatic nitrogens is 3. The van der Waals surface area contributed by atoms with Gasteiger partial charge in [-0.15, -0.1) is 0 Å². The molecule has 1 aliphatic rings. The standard InChI is InChI=1S/C13H24N4O2S/c1-10(2)14-8-13-15-9-16-17(13)11-5-4-6-12(7-11)20(3,18)19/h9-12,14H,4-8H2,1-3H3. The van der Waals surface area contributed by atoms with E-state index in [-0.39, 0.29) is 11.3 Å². The summed E-state index contributed by atoms with van der Waals surface area (Å²) in [7, 11) is -2.97. The fourth-order valence-corrected chi connectivity index (χ4v) is 3.90. The van der Waals surface area contributed by atoms with Gasteiger partial charge in [0.15, 0.2) is 0 Å². The van der Waals surface area contributed by atoms with Crippen molar-refractivity contribution < 1.29 is 8.42 Å². The smallest absolute Gasteiger partial charge is 0.150 e. The minimum Gasteiger partial charge on any atom is -0.308 e. The quantitative estimate of drug-likeness (QED) is 0.887. The van der Waals surface area contributed by atoms with Crippen LogP contribution in [0.4, 0.5) is 0 Å². The number of rotatable bonds is 5. The van der Waals surface area contributed by atoms with E-state index >= 15 is 0 Å². The second-order valence-corrected chi connectivity index (χ2v) is 8.25. The van der Waals surface area contributed by atoms with Crippen molar-refractivity contribution in [3.8, 4) is 0 Å². The molecule has 2 unspecified atom stereocenters. The summed E-state index contributed by atoms with van der Waals surface area (Å²) < 4.78 is 25.4. The fourth-order valence-electron chi connectivity index (χ4n) is 2.73. The minimum absolute atomic E-state index is 0.148. The van der Waals surface area contributed by atoms with Crippen LogP contribution in [0.3, 0.4) is 0 Å². The van der Waals surface area contributed by atoms with Crippen molar-refractivity contribution in [1.29, 1.82) is 0 Å². The van der Waals surface area contributed by atoms with Crippen molar-refractivity contribution in [1.82, 2.24) is 20.1 Å². The van der Waals surface area contributed by atoms with E-state index < -0.39 is 9.84 Å². The Morgan fingerprint density at radius 2 is 2.20 bits per heavy atom. The third-order valence-electron chi connectivity index (χ3n) is 3.87. The van der Waals surface area contributed by atoms with Gasteiger partial charge in [0, 0.05) is 12.3 Å². The van der Waals surface area contributed by atoms with Crippen LogP contribution in [-0.4, -0.2) is 40.7 Å². The zero-order valence-electron chi connectivity index (χ0n) is 12.4. The molecule has 114 valence electrons. The molecular formula is C13H24N4O2S. The van der Waals surface area contributed by atoms with Crippen LogP contribution in [0.25, 0.3) is 0 Å². The van der Waals surface area contributed by atoms with Crippen molar-refractivity contribution >= 4 is 9.84 Å². The van der Waals surface area contributed by atoms with E-state index in [0.29, 0.717) is 19.0 Å². The van der Waals surface area contributed by atoms with Gasteiger partial charge in [-0.2, -0.15) is 5.10 Å². The molecule has 0 aromatic carbocycles.